The molecule has 0 aromatic rings. The zero-order chi connectivity index (χ0) is 10.3. The summed E-state index contributed by atoms with van der Waals surface area (Å²) in [5, 5.41) is 0. The Kier molecular flexibility index (Phi) is 6.58. The van der Waals surface area contributed by atoms with Gasteiger partial charge in [0.25, 0.3) is 8.56 Å². The van der Waals surface area contributed by atoms with Gasteiger partial charge < -0.3 is 14.9 Å². The van der Waals surface area contributed by atoms with E-state index >= 15 is 0 Å². The van der Waals surface area contributed by atoms with Crippen molar-refractivity contribution in [2.75, 3.05) is 19.6 Å². The van der Waals surface area contributed by atoms with Gasteiger partial charge in [-0.2, -0.15) is 0 Å². The highest BCUT2D eigenvalue weighted by atomic mass is 28.4. The molecule has 0 amide bonds. The third-order valence-electron chi connectivity index (χ3n) is 2.23. The predicted molar refractivity (Wildman–Crippen MR) is 61.9 cm³/mol. The normalized spacial score (nSPS) is 12.5. The van der Waals surface area contributed by atoms with E-state index in [-0.39, 0.29) is 0 Å². The fourth-order valence-electron chi connectivity index (χ4n) is 1.64. The Bertz CT molecular complexity index is 111. The molecule has 80 valence electrons. The zero-order valence-electron chi connectivity index (χ0n) is 9.70. The van der Waals surface area contributed by atoms with Crippen molar-refractivity contribution < 1.29 is 0 Å². The van der Waals surface area contributed by atoms with E-state index in [4.69, 9.17) is 0 Å². The second-order valence-electron chi connectivity index (χ2n) is 3.55. The molecule has 0 saturated heterocycles. The topological polar surface area (TPSA) is 36.1 Å². The Balaban J connectivity index is 4.38. The van der Waals surface area contributed by atoms with Crippen molar-refractivity contribution in [1.82, 2.24) is 14.9 Å². The van der Waals surface area contributed by atoms with E-state index in [1.807, 2.05) is 0 Å². The summed E-state index contributed by atoms with van der Waals surface area (Å²) in [5.41, 5.74) is 0.660. The van der Waals surface area contributed by atoms with Gasteiger partial charge in [0.15, 0.2) is 0 Å². The van der Waals surface area contributed by atoms with Gasteiger partial charge in [-0.15, -0.1) is 0 Å². The van der Waals surface area contributed by atoms with Crippen molar-refractivity contribution in [3.63, 3.8) is 0 Å². The summed E-state index contributed by atoms with van der Waals surface area (Å²) in [6.07, 6.45) is 0. The summed E-state index contributed by atoms with van der Waals surface area (Å²) in [6, 6.07) is 0. The second-order valence-corrected chi connectivity index (χ2v) is 7.39. The van der Waals surface area contributed by atoms with Crippen LogP contribution < -0.4 is 14.9 Å². The summed E-state index contributed by atoms with van der Waals surface area (Å²) in [7, 11) is -1.62. The Morgan fingerprint density at radius 1 is 0.846 bits per heavy atom. The van der Waals surface area contributed by atoms with Gasteiger partial charge in [0, 0.05) is 0 Å². The molecule has 0 aliphatic heterocycles. The zero-order valence-corrected chi connectivity index (χ0v) is 10.7. The van der Waals surface area contributed by atoms with Gasteiger partial charge in [0.2, 0.25) is 0 Å². The van der Waals surface area contributed by atoms with E-state index in [1.54, 1.807) is 0 Å². The third kappa shape index (κ3) is 3.77. The molecule has 13 heavy (non-hydrogen) atoms. The molecule has 0 bridgehead atoms. The minimum atomic E-state index is -1.62. The first kappa shape index (κ1) is 13.1. The van der Waals surface area contributed by atoms with Crippen LogP contribution >= 0.6 is 0 Å². The monoisotopic (exact) mass is 203 g/mol. The van der Waals surface area contributed by atoms with E-state index in [0.717, 1.165) is 19.6 Å². The van der Waals surface area contributed by atoms with E-state index in [2.05, 4.69) is 49.6 Å². The van der Waals surface area contributed by atoms with Crippen LogP contribution in [0.3, 0.4) is 0 Å². The maximum atomic E-state index is 3.61. The van der Waals surface area contributed by atoms with Crippen LogP contribution in [0.15, 0.2) is 0 Å². The van der Waals surface area contributed by atoms with E-state index in [1.165, 1.54) is 0 Å². The molecule has 0 unspecified atom stereocenters. The largest absolute Gasteiger partial charge is 0.313 e. The molecule has 0 aliphatic carbocycles. The van der Waals surface area contributed by atoms with Gasteiger partial charge in [-0.3, -0.25) is 0 Å². The molecule has 0 spiro atoms. The van der Waals surface area contributed by atoms with Gasteiger partial charge in [0.1, 0.15) is 0 Å². The SMILES string of the molecule is CCN[Si](NCC)(NCC)C(C)C. The first-order valence-corrected chi connectivity index (χ1v) is 7.45. The summed E-state index contributed by atoms with van der Waals surface area (Å²) < 4.78 is 0. The Labute approximate surface area is 83.9 Å². The number of nitrogens with one attached hydrogen (secondary N) is 3. The van der Waals surface area contributed by atoms with Crippen molar-refractivity contribution in [3.05, 3.63) is 0 Å². The van der Waals surface area contributed by atoms with Gasteiger partial charge in [-0.1, -0.05) is 34.6 Å². The van der Waals surface area contributed by atoms with Crippen molar-refractivity contribution in [2.24, 2.45) is 0 Å². The van der Waals surface area contributed by atoms with Crippen molar-refractivity contribution >= 4 is 8.56 Å². The first-order valence-electron chi connectivity index (χ1n) is 5.38. The van der Waals surface area contributed by atoms with E-state index in [9.17, 15) is 0 Å². The molecule has 0 rings (SSSR count). The molecule has 0 aromatic carbocycles. The highest BCUT2D eigenvalue weighted by Crippen LogP contribution is 2.11. The quantitative estimate of drug-likeness (QED) is 0.544. The molecule has 0 aliphatic rings. The summed E-state index contributed by atoms with van der Waals surface area (Å²) in [5.74, 6) is 0. The average Bonchev–Trinajstić information content (AvgIpc) is 2.05. The molecule has 3 N–H and O–H groups in total. The van der Waals surface area contributed by atoms with Gasteiger partial charge >= 0.3 is 0 Å². The highest BCUT2D eigenvalue weighted by Gasteiger charge is 2.35. The van der Waals surface area contributed by atoms with Crippen LogP contribution in [-0.4, -0.2) is 28.2 Å². The summed E-state index contributed by atoms with van der Waals surface area (Å²) >= 11 is 0. The fraction of sp³-hybridized carbons (Fsp3) is 1.00. The fourth-order valence-corrected chi connectivity index (χ4v) is 4.91. The molecule has 0 heterocycles. The molecule has 0 aromatic heterocycles. The summed E-state index contributed by atoms with van der Waals surface area (Å²) in [6.45, 7) is 14.1. The van der Waals surface area contributed by atoms with Crippen molar-refractivity contribution in [2.45, 2.75) is 40.2 Å². The molecule has 0 saturated carbocycles. The molecule has 3 nitrogen and oxygen atoms in total. The summed E-state index contributed by atoms with van der Waals surface area (Å²) in [4.78, 5) is 10.8. The molecular weight excluding hydrogens is 178 g/mol. The van der Waals surface area contributed by atoms with Crippen LogP contribution in [0.25, 0.3) is 0 Å². The maximum absolute atomic E-state index is 3.61. The Morgan fingerprint density at radius 3 is 1.31 bits per heavy atom. The van der Waals surface area contributed by atoms with Crippen LogP contribution in [0, 0.1) is 0 Å². The Morgan fingerprint density at radius 2 is 1.15 bits per heavy atom. The molecule has 4 heteroatoms. The molecule has 0 atom stereocenters. The number of hydrogen-bond acceptors (Lipinski definition) is 3. The van der Waals surface area contributed by atoms with Gasteiger partial charge in [-0.05, 0) is 25.2 Å². The molecular formula is C9H25N3Si. The van der Waals surface area contributed by atoms with Crippen LogP contribution in [0.2, 0.25) is 5.54 Å². The third-order valence-corrected chi connectivity index (χ3v) is 6.70. The first-order chi connectivity index (χ1) is 6.13. The number of rotatable bonds is 7. The lowest BCUT2D eigenvalue weighted by Crippen LogP contribution is -2.73. The van der Waals surface area contributed by atoms with Crippen LogP contribution in [0.5, 0.6) is 0 Å². The van der Waals surface area contributed by atoms with Gasteiger partial charge in [-0.25, -0.2) is 0 Å². The van der Waals surface area contributed by atoms with Crippen molar-refractivity contribution in [1.29, 1.82) is 0 Å². The van der Waals surface area contributed by atoms with Gasteiger partial charge in [0.05, 0.1) is 0 Å². The maximum Gasteiger partial charge on any atom is 0.283 e. The predicted octanol–water partition coefficient (Wildman–Crippen LogP) is 1.16. The molecule has 0 radical (unpaired) electrons. The van der Waals surface area contributed by atoms with Crippen LogP contribution in [0.4, 0.5) is 0 Å². The Hall–Kier alpha value is 0.0969. The lowest BCUT2D eigenvalue weighted by Gasteiger charge is -2.36. The van der Waals surface area contributed by atoms with Crippen molar-refractivity contribution in [3.8, 4) is 0 Å². The standard InChI is InChI=1S/C9H25N3Si/c1-6-10-13(9(4)5,11-7-2)12-8-3/h9-12H,6-8H2,1-5H3. The van der Waals surface area contributed by atoms with Crippen LogP contribution in [0.1, 0.15) is 34.6 Å². The minimum absolute atomic E-state index is 0.660. The molecule has 0 fully saturated rings. The number of hydrogen-bond donors (Lipinski definition) is 3. The lowest BCUT2D eigenvalue weighted by atomic mass is 10.6. The second kappa shape index (κ2) is 6.54. The average molecular weight is 203 g/mol. The van der Waals surface area contributed by atoms with E-state index < -0.39 is 8.56 Å². The van der Waals surface area contributed by atoms with E-state index in [0.29, 0.717) is 5.54 Å². The lowest BCUT2D eigenvalue weighted by molar-refractivity contribution is 0.720. The van der Waals surface area contributed by atoms with Crippen LogP contribution in [-0.2, 0) is 0 Å². The smallest absolute Gasteiger partial charge is 0.283 e. The minimum Gasteiger partial charge on any atom is -0.313 e. The highest BCUT2D eigenvalue weighted by molar-refractivity contribution is 6.73.